The van der Waals surface area contributed by atoms with Crippen molar-refractivity contribution in [3.05, 3.63) is 48.4 Å². The summed E-state index contributed by atoms with van der Waals surface area (Å²) in [5, 5.41) is 0.806. The van der Waals surface area contributed by atoms with Gasteiger partial charge >= 0.3 is 0 Å². The van der Waals surface area contributed by atoms with Gasteiger partial charge in [0.05, 0.1) is 11.8 Å². The lowest BCUT2D eigenvalue weighted by atomic mass is 9.98. The highest BCUT2D eigenvalue weighted by Crippen LogP contribution is 2.38. The van der Waals surface area contributed by atoms with Crippen LogP contribution in [0.25, 0.3) is 0 Å². The maximum atomic E-state index is 13.1. The number of ether oxygens (including phenoxy) is 1. The highest BCUT2D eigenvalue weighted by Gasteiger charge is 2.44. The SMILES string of the molecule is CSc1ncccc1C(=O)N1C2CCC1CC(Oc1cccnc1)C2. The van der Waals surface area contributed by atoms with Gasteiger partial charge in [-0.25, -0.2) is 4.98 Å². The molecule has 4 rings (SSSR count). The lowest BCUT2D eigenvalue weighted by molar-refractivity contribution is 0.0354. The van der Waals surface area contributed by atoms with Crippen LogP contribution in [0.2, 0.25) is 0 Å². The minimum absolute atomic E-state index is 0.116. The molecule has 0 saturated carbocycles. The first-order valence-electron chi connectivity index (χ1n) is 8.64. The van der Waals surface area contributed by atoms with Gasteiger partial charge in [-0.05, 0) is 43.4 Å². The second-order valence-corrected chi connectivity index (χ2v) is 7.35. The second-order valence-electron chi connectivity index (χ2n) is 6.56. The van der Waals surface area contributed by atoms with E-state index in [1.54, 1.807) is 18.6 Å². The number of pyridine rings is 2. The van der Waals surface area contributed by atoms with Crippen molar-refractivity contribution in [3.8, 4) is 5.75 Å². The lowest BCUT2D eigenvalue weighted by Gasteiger charge is -2.39. The maximum Gasteiger partial charge on any atom is 0.257 e. The summed E-state index contributed by atoms with van der Waals surface area (Å²) in [6.07, 6.45) is 11.2. The average Bonchev–Trinajstić information content (AvgIpc) is 2.92. The Morgan fingerprint density at radius 3 is 2.64 bits per heavy atom. The van der Waals surface area contributed by atoms with Gasteiger partial charge in [-0.2, -0.15) is 0 Å². The van der Waals surface area contributed by atoms with Crippen molar-refractivity contribution in [1.82, 2.24) is 14.9 Å². The summed E-state index contributed by atoms with van der Waals surface area (Å²) in [6, 6.07) is 8.05. The summed E-state index contributed by atoms with van der Waals surface area (Å²) >= 11 is 1.52. The number of aromatic nitrogens is 2. The molecule has 2 aliphatic rings. The first-order chi connectivity index (χ1) is 12.3. The molecule has 25 heavy (non-hydrogen) atoms. The van der Waals surface area contributed by atoms with Crippen molar-refractivity contribution in [3.63, 3.8) is 0 Å². The molecule has 2 aliphatic heterocycles. The van der Waals surface area contributed by atoms with E-state index < -0.39 is 0 Å². The molecule has 2 bridgehead atoms. The Balaban J connectivity index is 1.50. The molecule has 2 aromatic heterocycles. The van der Waals surface area contributed by atoms with Crippen molar-refractivity contribution in [1.29, 1.82) is 0 Å². The van der Waals surface area contributed by atoms with Crippen molar-refractivity contribution in [2.24, 2.45) is 0 Å². The molecule has 1 amide bonds. The summed E-state index contributed by atoms with van der Waals surface area (Å²) in [7, 11) is 0. The number of fused-ring (bicyclic) bond motifs is 2. The van der Waals surface area contributed by atoms with Crippen LogP contribution in [0.4, 0.5) is 0 Å². The second kappa shape index (κ2) is 7.04. The zero-order valence-corrected chi connectivity index (χ0v) is 15.0. The van der Waals surface area contributed by atoms with Gasteiger partial charge in [-0.1, -0.05) is 0 Å². The van der Waals surface area contributed by atoms with E-state index in [2.05, 4.69) is 14.9 Å². The Morgan fingerprint density at radius 1 is 1.20 bits per heavy atom. The number of carbonyl (C=O) groups excluding carboxylic acids is 1. The highest BCUT2D eigenvalue weighted by molar-refractivity contribution is 7.98. The molecule has 130 valence electrons. The maximum absolute atomic E-state index is 13.1. The van der Waals surface area contributed by atoms with Crippen LogP contribution >= 0.6 is 11.8 Å². The smallest absolute Gasteiger partial charge is 0.257 e. The molecule has 4 heterocycles. The van der Waals surface area contributed by atoms with Gasteiger partial charge in [0.15, 0.2) is 0 Å². The normalized spacial score (nSPS) is 25.0. The summed E-state index contributed by atoms with van der Waals surface area (Å²) in [4.78, 5) is 23.7. The Kier molecular flexibility index (Phi) is 4.61. The van der Waals surface area contributed by atoms with E-state index in [0.717, 1.165) is 42.0 Å². The van der Waals surface area contributed by atoms with Crippen molar-refractivity contribution in [2.45, 2.75) is 48.9 Å². The summed E-state index contributed by atoms with van der Waals surface area (Å²) < 4.78 is 6.10. The van der Waals surface area contributed by atoms with E-state index in [9.17, 15) is 4.79 Å². The van der Waals surface area contributed by atoms with Crippen LogP contribution in [0, 0.1) is 0 Å². The molecule has 0 radical (unpaired) electrons. The topological polar surface area (TPSA) is 55.3 Å². The van der Waals surface area contributed by atoms with Crippen LogP contribution in [-0.2, 0) is 0 Å². The fourth-order valence-corrected chi connectivity index (χ4v) is 4.56. The van der Waals surface area contributed by atoms with Crippen LogP contribution in [0.5, 0.6) is 5.75 Å². The Bertz CT molecular complexity index is 741. The molecule has 0 N–H and O–H groups in total. The molecule has 0 aliphatic carbocycles. The van der Waals surface area contributed by atoms with Gasteiger partial charge in [0.25, 0.3) is 5.91 Å². The number of thioether (sulfide) groups is 1. The summed E-state index contributed by atoms with van der Waals surface area (Å²) in [5.74, 6) is 0.924. The molecule has 2 saturated heterocycles. The molecular formula is C19H21N3O2S. The van der Waals surface area contributed by atoms with Gasteiger partial charge in [-0.3, -0.25) is 9.78 Å². The molecular weight excluding hydrogens is 334 g/mol. The quantitative estimate of drug-likeness (QED) is 0.787. The van der Waals surface area contributed by atoms with E-state index in [-0.39, 0.29) is 24.1 Å². The Hall–Kier alpha value is -2.08. The zero-order valence-electron chi connectivity index (χ0n) is 14.2. The zero-order chi connectivity index (χ0) is 17.2. The Morgan fingerprint density at radius 2 is 1.96 bits per heavy atom. The van der Waals surface area contributed by atoms with Crippen molar-refractivity contribution >= 4 is 17.7 Å². The Labute approximate surface area is 151 Å². The van der Waals surface area contributed by atoms with E-state index in [1.807, 2.05) is 30.5 Å². The highest BCUT2D eigenvalue weighted by atomic mass is 32.2. The van der Waals surface area contributed by atoms with Crippen LogP contribution in [0.3, 0.4) is 0 Å². The van der Waals surface area contributed by atoms with Gasteiger partial charge in [0.2, 0.25) is 0 Å². The monoisotopic (exact) mass is 355 g/mol. The van der Waals surface area contributed by atoms with Gasteiger partial charge < -0.3 is 9.64 Å². The molecule has 2 atom stereocenters. The minimum Gasteiger partial charge on any atom is -0.489 e. The third-order valence-corrected chi connectivity index (χ3v) is 5.77. The van der Waals surface area contributed by atoms with Crippen LogP contribution in [0.15, 0.2) is 47.9 Å². The van der Waals surface area contributed by atoms with Gasteiger partial charge in [0, 0.05) is 37.3 Å². The number of hydrogen-bond donors (Lipinski definition) is 0. The van der Waals surface area contributed by atoms with E-state index >= 15 is 0 Å². The average molecular weight is 355 g/mol. The molecule has 2 fully saturated rings. The third kappa shape index (κ3) is 3.23. The molecule has 0 spiro atoms. The van der Waals surface area contributed by atoms with Gasteiger partial charge in [-0.15, -0.1) is 11.8 Å². The first-order valence-corrected chi connectivity index (χ1v) is 9.87. The largest absolute Gasteiger partial charge is 0.489 e. The molecule has 2 unspecified atom stereocenters. The number of nitrogens with zero attached hydrogens (tertiary/aromatic N) is 3. The summed E-state index contributed by atoms with van der Waals surface area (Å²) in [6.45, 7) is 0. The van der Waals surface area contributed by atoms with Crippen LogP contribution in [0.1, 0.15) is 36.0 Å². The van der Waals surface area contributed by atoms with E-state index in [4.69, 9.17) is 4.74 Å². The first kappa shape index (κ1) is 16.4. The molecule has 5 nitrogen and oxygen atoms in total. The number of rotatable bonds is 4. The van der Waals surface area contributed by atoms with Crippen molar-refractivity contribution in [2.75, 3.05) is 6.26 Å². The van der Waals surface area contributed by atoms with Crippen molar-refractivity contribution < 1.29 is 9.53 Å². The number of hydrogen-bond acceptors (Lipinski definition) is 5. The molecule has 0 aromatic carbocycles. The fourth-order valence-electron chi connectivity index (χ4n) is 4.02. The summed E-state index contributed by atoms with van der Waals surface area (Å²) in [5.41, 5.74) is 0.721. The van der Waals surface area contributed by atoms with E-state index in [0.29, 0.717) is 0 Å². The third-order valence-electron chi connectivity index (χ3n) is 5.06. The standard InChI is InChI=1S/C19H21N3O2S/c1-25-18-17(5-3-9-21-18)19(23)22-13-6-7-14(22)11-16(10-13)24-15-4-2-8-20-12-15/h2-5,8-9,12-14,16H,6-7,10-11H2,1H3. The lowest BCUT2D eigenvalue weighted by Crippen LogP contribution is -2.49. The van der Waals surface area contributed by atoms with Crippen LogP contribution < -0.4 is 4.74 Å². The number of carbonyl (C=O) groups is 1. The minimum atomic E-state index is 0.116. The van der Waals surface area contributed by atoms with E-state index in [1.165, 1.54) is 11.8 Å². The van der Waals surface area contributed by atoms with Gasteiger partial charge in [0.1, 0.15) is 16.9 Å². The number of piperidine rings is 1. The molecule has 6 heteroatoms. The molecule has 2 aromatic rings. The predicted molar refractivity (Wildman–Crippen MR) is 96.9 cm³/mol. The fraction of sp³-hybridized carbons (Fsp3) is 0.421. The van der Waals surface area contributed by atoms with Crippen LogP contribution in [-0.4, -0.2) is 45.2 Å². The predicted octanol–water partition coefficient (Wildman–Crippen LogP) is 3.41. The number of amides is 1.